The fourth-order valence-corrected chi connectivity index (χ4v) is 3.58. The molecule has 6 heteroatoms. The Hall–Kier alpha value is -1.53. The van der Waals surface area contributed by atoms with Crippen LogP contribution in [-0.2, 0) is 15.8 Å². The Bertz CT molecular complexity index is 730. The first-order chi connectivity index (χ1) is 9.35. The average molecular weight is 355 g/mol. The number of sulfonamides is 1. The van der Waals surface area contributed by atoms with Crippen LogP contribution in [-0.4, -0.2) is 8.42 Å². The van der Waals surface area contributed by atoms with Crippen molar-refractivity contribution in [3.8, 4) is 0 Å². The van der Waals surface area contributed by atoms with Crippen molar-refractivity contribution in [1.82, 2.24) is 0 Å². The highest BCUT2D eigenvalue weighted by atomic mass is 79.9. The van der Waals surface area contributed by atoms with Gasteiger partial charge in [-0.1, -0.05) is 28.1 Å². The van der Waals surface area contributed by atoms with Crippen molar-refractivity contribution in [1.29, 1.82) is 0 Å². The van der Waals surface area contributed by atoms with Gasteiger partial charge in [0.25, 0.3) is 0 Å². The summed E-state index contributed by atoms with van der Waals surface area (Å²) in [5.41, 5.74) is 8.30. The van der Waals surface area contributed by atoms with Crippen molar-refractivity contribution in [2.75, 3.05) is 10.5 Å². The molecule has 0 heterocycles. The van der Waals surface area contributed by atoms with Gasteiger partial charge in [-0.2, -0.15) is 0 Å². The second-order valence-corrected chi connectivity index (χ2v) is 7.20. The molecular formula is C14H15BrN2O2S. The third-order valence-corrected chi connectivity index (χ3v) is 4.50. The highest BCUT2D eigenvalue weighted by Crippen LogP contribution is 2.22. The van der Waals surface area contributed by atoms with E-state index in [0.29, 0.717) is 16.9 Å². The van der Waals surface area contributed by atoms with E-state index in [-0.39, 0.29) is 5.75 Å². The molecule has 2 aromatic rings. The van der Waals surface area contributed by atoms with Crippen LogP contribution in [0.2, 0.25) is 0 Å². The predicted octanol–water partition coefficient (Wildman–Crippen LogP) is 3.28. The van der Waals surface area contributed by atoms with Crippen LogP contribution in [0.3, 0.4) is 0 Å². The summed E-state index contributed by atoms with van der Waals surface area (Å²) in [5.74, 6) is -0.104. The third kappa shape index (κ3) is 3.98. The molecule has 106 valence electrons. The Morgan fingerprint density at radius 2 is 1.95 bits per heavy atom. The summed E-state index contributed by atoms with van der Waals surface area (Å²) in [7, 11) is -3.46. The Morgan fingerprint density at radius 1 is 1.20 bits per heavy atom. The first-order valence-electron chi connectivity index (χ1n) is 5.97. The van der Waals surface area contributed by atoms with Crippen molar-refractivity contribution in [3.63, 3.8) is 0 Å². The van der Waals surface area contributed by atoms with Gasteiger partial charge in [-0.25, -0.2) is 8.42 Å². The van der Waals surface area contributed by atoms with Crippen molar-refractivity contribution in [2.24, 2.45) is 0 Å². The van der Waals surface area contributed by atoms with Crippen LogP contribution in [0, 0.1) is 6.92 Å². The van der Waals surface area contributed by atoms with E-state index in [1.807, 2.05) is 13.0 Å². The topological polar surface area (TPSA) is 72.2 Å². The number of nitrogens with one attached hydrogen (secondary N) is 1. The van der Waals surface area contributed by atoms with E-state index in [1.165, 1.54) is 0 Å². The number of benzene rings is 2. The van der Waals surface area contributed by atoms with Crippen molar-refractivity contribution < 1.29 is 8.42 Å². The molecule has 0 aliphatic heterocycles. The highest BCUT2D eigenvalue weighted by molar-refractivity contribution is 9.10. The molecule has 0 saturated carbocycles. The lowest BCUT2D eigenvalue weighted by Gasteiger charge is -2.11. The van der Waals surface area contributed by atoms with Crippen LogP contribution in [0.5, 0.6) is 0 Å². The monoisotopic (exact) mass is 354 g/mol. The minimum Gasteiger partial charge on any atom is -0.399 e. The van der Waals surface area contributed by atoms with Gasteiger partial charge in [-0.15, -0.1) is 0 Å². The van der Waals surface area contributed by atoms with Gasteiger partial charge >= 0.3 is 0 Å². The summed E-state index contributed by atoms with van der Waals surface area (Å²) in [6.45, 7) is 1.85. The zero-order chi connectivity index (χ0) is 14.8. The standard InChI is InChI=1S/C14H15BrN2O2S/c1-10-7-12(15)5-6-14(10)17-20(18,19)9-11-3-2-4-13(16)8-11/h2-8,17H,9,16H2,1H3. The minimum atomic E-state index is -3.46. The number of nitrogen functional groups attached to an aromatic ring is 1. The fraction of sp³-hybridized carbons (Fsp3) is 0.143. The van der Waals surface area contributed by atoms with E-state index in [9.17, 15) is 8.42 Å². The lowest BCUT2D eigenvalue weighted by Crippen LogP contribution is -2.15. The van der Waals surface area contributed by atoms with Crippen LogP contribution < -0.4 is 10.5 Å². The molecule has 0 spiro atoms. The number of nitrogens with two attached hydrogens (primary N) is 1. The molecule has 2 rings (SSSR count). The first-order valence-corrected chi connectivity index (χ1v) is 8.41. The third-order valence-electron chi connectivity index (χ3n) is 2.76. The van der Waals surface area contributed by atoms with Crippen molar-refractivity contribution >= 4 is 37.3 Å². The lowest BCUT2D eigenvalue weighted by molar-refractivity contribution is 0.600. The predicted molar refractivity (Wildman–Crippen MR) is 86.0 cm³/mol. The summed E-state index contributed by atoms with van der Waals surface area (Å²) in [6, 6.07) is 12.3. The Kier molecular flexibility index (Phi) is 4.35. The molecule has 0 aliphatic carbocycles. The van der Waals surface area contributed by atoms with Gasteiger partial charge in [-0.3, -0.25) is 4.72 Å². The molecule has 0 atom stereocenters. The van der Waals surface area contributed by atoms with E-state index in [2.05, 4.69) is 20.7 Å². The van der Waals surface area contributed by atoms with E-state index < -0.39 is 10.0 Å². The lowest BCUT2D eigenvalue weighted by atomic mass is 10.2. The zero-order valence-corrected chi connectivity index (χ0v) is 13.3. The van der Waals surface area contributed by atoms with Gasteiger partial charge in [-0.05, 0) is 48.4 Å². The van der Waals surface area contributed by atoms with Crippen molar-refractivity contribution in [2.45, 2.75) is 12.7 Å². The highest BCUT2D eigenvalue weighted by Gasteiger charge is 2.13. The first kappa shape index (κ1) is 14.9. The van der Waals surface area contributed by atoms with E-state index in [1.54, 1.807) is 36.4 Å². The number of hydrogen-bond donors (Lipinski definition) is 2. The van der Waals surface area contributed by atoms with E-state index in [0.717, 1.165) is 10.0 Å². The minimum absolute atomic E-state index is 0.104. The van der Waals surface area contributed by atoms with Gasteiger partial charge in [0.05, 0.1) is 11.4 Å². The number of anilines is 2. The summed E-state index contributed by atoms with van der Waals surface area (Å²) in [6.07, 6.45) is 0. The fourth-order valence-electron chi connectivity index (χ4n) is 1.85. The molecule has 0 aromatic heterocycles. The molecule has 4 nitrogen and oxygen atoms in total. The molecule has 0 amide bonds. The van der Waals surface area contributed by atoms with E-state index in [4.69, 9.17) is 5.73 Å². The van der Waals surface area contributed by atoms with Gasteiger partial charge in [0.1, 0.15) is 0 Å². The van der Waals surface area contributed by atoms with Crippen LogP contribution in [0.15, 0.2) is 46.9 Å². The maximum absolute atomic E-state index is 12.2. The second kappa shape index (κ2) is 5.85. The number of rotatable bonds is 4. The summed E-state index contributed by atoms with van der Waals surface area (Å²) >= 11 is 3.35. The molecule has 0 bridgehead atoms. The number of aryl methyl sites for hydroxylation is 1. The molecule has 0 saturated heterocycles. The quantitative estimate of drug-likeness (QED) is 0.827. The average Bonchev–Trinajstić information content (AvgIpc) is 2.32. The van der Waals surface area contributed by atoms with Crippen LogP contribution in [0.25, 0.3) is 0 Å². The molecule has 0 radical (unpaired) electrons. The maximum atomic E-state index is 12.2. The SMILES string of the molecule is Cc1cc(Br)ccc1NS(=O)(=O)Cc1cccc(N)c1. The van der Waals surface area contributed by atoms with Gasteiger partial charge in [0, 0.05) is 10.2 Å². The van der Waals surface area contributed by atoms with E-state index >= 15 is 0 Å². The second-order valence-electron chi connectivity index (χ2n) is 4.57. The van der Waals surface area contributed by atoms with Crippen molar-refractivity contribution in [3.05, 3.63) is 58.1 Å². The zero-order valence-electron chi connectivity index (χ0n) is 10.9. The molecule has 0 fully saturated rings. The summed E-state index contributed by atoms with van der Waals surface area (Å²) in [5, 5.41) is 0. The molecule has 2 aromatic carbocycles. The number of halogens is 1. The van der Waals surface area contributed by atoms with Gasteiger partial charge in [0.15, 0.2) is 0 Å². The molecule has 0 unspecified atom stereocenters. The van der Waals surface area contributed by atoms with Crippen LogP contribution >= 0.6 is 15.9 Å². The largest absolute Gasteiger partial charge is 0.399 e. The Balaban J connectivity index is 2.19. The molecule has 20 heavy (non-hydrogen) atoms. The molecule has 0 aliphatic rings. The van der Waals surface area contributed by atoms with Crippen LogP contribution in [0.1, 0.15) is 11.1 Å². The smallest absolute Gasteiger partial charge is 0.236 e. The number of hydrogen-bond acceptors (Lipinski definition) is 3. The Morgan fingerprint density at radius 3 is 2.60 bits per heavy atom. The van der Waals surface area contributed by atoms with Gasteiger partial charge in [0.2, 0.25) is 10.0 Å². The van der Waals surface area contributed by atoms with Crippen LogP contribution in [0.4, 0.5) is 11.4 Å². The van der Waals surface area contributed by atoms with Gasteiger partial charge < -0.3 is 5.73 Å². The normalized spacial score (nSPS) is 11.3. The summed E-state index contributed by atoms with van der Waals surface area (Å²) < 4.78 is 27.8. The maximum Gasteiger partial charge on any atom is 0.236 e. The summed E-state index contributed by atoms with van der Waals surface area (Å²) in [4.78, 5) is 0. The molecular weight excluding hydrogens is 340 g/mol. The molecule has 3 N–H and O–H groups in total. The Labute approximate surface area is 127 Å².